The number of carbonyl (C=O) groups excluding carboxylic acids is 2. The Morgan fingerprint density at radius 1 is 1.24 bits per heavy atom. The van der Waals surface area contributed by atoms with Gasteiger partial charge >= 0.3 is 6.09 Å². The number of hydrogen-bond donors (Lipinski definition) is 2. The first kappa shape index (κ1) is 23.5. The van der Waals surface area contributed by atoms with Crippen LogP contribution in [0.1, 0.15) is 39.2 Å². The number of alkyl carbamates (subject to hydrolysis) is 1. The Morgan fingerprint density at radius 3 is 2.31 bits per heavy atom. The Morgan fingerprint density at radius 2 is 1.79 bits per heavy atom. The first-order chi connectivity index (χ1) is 13.4. The van der Waals surface area contributed by atoms with Gasteiger partial charge in [-0.25, -0.2) is 4.79 Å². The van der Waals surface area contributed by atoms with Crippen LogP contribution in [0.15, 0.2) is 28.7 Å². The van der Waals surface area contributed by atoms with Gasteiger partial charge in [-0.1, -0.05) is 28.1 Å². The molecule has 1 heterocycles. The van der Waals surface area contributed by atoms with Crippen LogP contribution in [0.3, 0.4) is 0 Å². The smallest absolute Gasteiger partial charge is 0.407 e. The third-order valence-electron chi connectivity index (χ3n) is 4.75. The fourth-order valence-corrected chi connectivity index (χ4v) is 3.37. The molecule has 6 nitrogen and oxygen atoms in total. The Labute approximate surface area is 178 Å². The number of amides is 2. The van der Waals surface area contributed by atoms with E-state index in [0.717, 1.165) is 0 Å². The first-order valence-electron chi connectivity index (χ1n) is 9.55. The molecular weight excluding hydrogens is 448 g/mol. The molecule has 1 fully saturated rings. The van der Waals surface area contributed by atoms with E-state index in [1.807, 2.05) is 0 Å². The van der Waals surface area contributed by atoms with Gasteiger partial charge in [-0.3, -0.25) is 4.79 Å². The summed E-state index contributed by atoms with van der Waals surface area (Å²) in [6.07, 6.45) is 0.697. The molecule has 3 N–H and O–H groups in total. The van der Waals surface area contributed by atoms with Crippen LogP contribution in [0.5, 0.6) is 0 Å². The van der Waals surface area contributed by atoms with E-state index in [1.165, 1.54) is 29.2 Å². The van der Waals surface area contributed by atoms with Crippen LogP contribution in [0.2, 0.25) is 0 Å². The third kappa shape index (κ3) is 6.64. The van der Waals surface area contributed by atoms with Gasteiger partial charge in [0.05, 0.1) is 0 Å². The summed E-state index contributed by atoms with van der Waals surface area (Å²) in [5, 5.41) is 2.71. The normalized spacial score (nSPS) is 17.0. The van der Waals surface area contributed by atoms with Crippen LogP contribution >= 0.6 is 15.9 Å². The Bertz CT molecular complexity index is 715. The highest BCUT2D eigenvalue weighted by Gasteiger charge is 2.45. The van der Waals surface area contributed by atoms with Gasteiger partial charge in [0.15, 0.2) is 6.04 Å². The van der Waals surface area contributed by atoms with Gasteiger partial charge in [-0.2, -0.15) is 8.78 Å². The summed E-state index contributed by atoms with van der Waals surface area (Å²) in [4.78, 5) is 25.6. The summed E-state index contributed by atoms with van der Waals surface area (Å²) in [6, 6.07) is 3.55. The SMILES string of the molecule is CC(C)(C)OC(=O)NCC1CCN(C(=O)C(N)C(F)(F)c2ccc(Br)cc2)CC1. The predicted molar refractivity (Wildman–Crippen MR) is 110 cm³/mol. The minimum atomic E-state index is -3.47. The number of rotatable bonds is 5. The number of nitrogens with zero attached hydrogens (tertiary/aromatic N) is 1. The molecule has 1 unspecified atom stereocenters. The largest absolute Gasteiger partial charge is 0.444 e. The molecule has 29 heavy (non-hydrogen) atoms. The molecule has 0 bridgehead atoms. The lowest BCUT2D eigenvalue weighted by Gasteiger charge is -2.35. The van der Waals surface area contributed by atoms with Gasteiger partial charge in [0, 0.05) is 29.7 Å². The number of carbonyl (C=O) groups is 2. The molecule has 0 aromatic heterocycles. The number of nitrogens with two attached hydrogens (primary N) is 1. The van der Waals surface area contributed by atoms with E-state index in [9.17, 15) is 18.4 Å². The van der Waals surface area contributed by atoms with Crippen molar-refractivity contribution in [2.75, 3.05) is 19.6 Å². The van der Waals surface area contributed by atoms with Gasteiger partial charge in [0.1, 0.15) is 5.60 Å². The Hall–Kier alpha value is -1.74. The second kappa shape index (κ2) is 9.38. The van der Waals surface area contributed by atoms with Crippen molar-refractivity contribution in [1.29, 1.82) is 0 Å². The summed E-state index contributed by atoms with van der Waals surface area (Å²) in [7, 11) is 0. The zero-order chi connectivity index (χ0) is 21.8. The summed E-state index contributed by atoms with van der Waals surface area (Å²) in [5.41, 5.74) is 4.79. The van der Waals surface area contributed by atoms with E-state index in [1.54, 1.807) is 20.8 Å². The number of alkyl halides is 2. The molecule has 9 heteroatoms. The maximum absolute atomic E-state index is 14.7. The standard InChI is InChI=1S/C20H28BrF2N3O3/c1-19(2,3)29-18(28)25-12-13-8-10-26(11-9-13)17(27)16(24)20(22,23)14-4-6-15(21)7-5-14/h4-7,13,16H,8-12,24H2,1-3H3,(H,25,28). The van der Waals surface area contributed by atoms with Crippen molar-refractivity contribution in [3.63, 3.8) is 0 Å². The van der Waals surface area contributed by atoms with Crippen LogP contribution in [0, 0.1) is 5.92 Å². The van der Waals surface area contributed by atoms with E-state index in [4.69, 9.17) is 10.5 Å². The van der Waals surface area contributed by atoms with Gasteiger partial charge < -0.3 is 20.7 Å². The van der Waals surface area contributed by atoms with Crippen LogP contribution < -0.4 is 11.1 Å². The first-order valence-corrected chi connectivity index (χ1v) is 10.3. The number of benzene rings is 1. The Kier molecular flexibility index (Phi) is 7.62. The molecule has 0 spiro atoms. The molecule has 1 aromatic rings. The van der Waals surface area contributed by atoms with Crippen molar-refractivity contribution in [3.8, 4) is 0 Å². The van der Waals surface area contributed by atoms with Gasteiger partial charge in [-0.15, -0.1) is 0 Å². The number of piperidine rings is 1. The van der Waals surface area contributed by atoms with Crippen LogP contribution in [-0.2, 0) is 15.5 Å². The highest BCUT2D eigenvalue weighted by Crippen LogP contribution is 2.33. The molecule has 2 rings (SSSR count). The van der Waals surface area contributed by atoms with Gasteiger partial charge in [-0.05, 0) is 51.7 Å². The molecule has 1 aliphatic rings. The monoisotopic (exact) mass is 475 g/mol. The molecule has 0 radical (unpaired) electrons. The average molecular weight is 476 g/mol. The number of halogens is 3. The van der Waals surface area contributed by atoms with Crippen molar-refractivity contribution in [1.82, 2.24) is 10.2 Å². The summed E-state index contributed by atoms with van der Waals surface area (Å²) < 4.78 is 35.2. The van der Waals surface area contributed by atoms with Crippen molar-refractivity contribution in [2.24, 2.45) is 11.7 Å². The number of hydrogen-bond acceptors (Lipinski definition) is 4. The van der Waals surface area contributed by atoms with E-state index < -0.39 is 29.6 Å². The minimum Gasteiger partial charge on any atom is -0.444 e. The molecule has 1 aromatic carbocycles. The van der Waals surface area contributed by atoms with Crippen LogP contribution in [-0.4, -0.2) is 48.2 Å². The van der Waals surface area contributed by atoms with Crippen molar-refractivity contribution < 1.29 is 23.1 Å². The summed E-state index contributed by atoms with van der Waals surface area (Å²) in [5.74, 6) is -4.08. The molecule has 0 saturated carbocycles. The van der Waals surface area contributed by atoms with Crippen molar-refractivity contribution in [3.05, 3.63) is 34.3 Å². The van der Waals surface area contributed by atoms with Crippen LogP contribution in [0.4, 0.5) is 13.6 Å². The maximum Gasteiger partial charge on any atom is 0.407 e. The lowest BCUT2D eigenvalue weighted by atomic mass is 9.95. The lowest BCUT2D eigenvalue weighted by molar-refractivity contribution is -0.144. The molecule has 1 aliphatic heterocycles. The maximum atomic E-state index is 14.7. The average Bonchev–Trinajstić information content (AvgIpc) is 2.64. The predicted octanol–water partition coefficient (Wildman–Crippen LogP) is 3.63. The second-order valence-corrected chi connectivity index (χ2v) is 9.17. The highest BCUT2D eigenvalue weighted by atomic mass is 79.9. The van der Waals surface area contributed by atoms with E-state index in [0.29, 0.717) is 36.9 Å². The summed E-state index contributed by atoms with van der Waals surface area (Å²) >= 11 is 3.20. The van der Waals surface area contributed by atoms with Gasteiger partial charge in [0.25, 0.3) is 5.92 Å². The fourth-order valence-electron chi connectivity index (χ4n) is 3.10. The number of ether oxygens (including phenoxy) is 1. The molecule has 0 aliphatic carbocycles. The van der Waals surface area contributed by atoms with E-state index >= 15 is 0 Å². The molecule has 2 amide bonds. The molecule has 162 valence electrons. The summed E-state index contributed by atoms with van der Waals surface area (Å²) in [6.45, 7) is 6.41. The lowest BCUT2D eigenvalue weighted by Crippen LogP contribution is -2.54. The number of likely N-dealkylation sites (tertiary alicyclic amines) is 1. The molecular formula is C20H28BrF2N3O3. The van der Waals surface area contributed by atoms with Crippen molar-refractivity contribution >= 4 is 27.9 Å². The quantitative estimate of drug-likeness (QED) is 0.680. The molecule has 1 saturated heterocycles. The minimum absolute atomic E-state index is 0.148. The second-order valence-electron chi connectivity index (χ2n) is 8.26. The zero-order valence-corrected chi connectivity index (χ0v) is 18.5. The van der Waals surface area contributed by atoms with E-state index in [-0.39, 0.29) is 11.5 Å². The van der Waals surface area contributed by atoms with Crippen molar-refractivity contribution in [2.45, 2.75) is 51.2 Å². The topological polar surface area (TPSA) is 84.7 Å². The zero-order valence-electron chi connectivity index (χ0n) is 16.9. The molecule has 1 atom stereocenters. The highest BCUT2D eigenvalue weighted by molar-refractivity contribution is 9.10. The fraction of sp³-hybridized carbons (Fsp3) is 0.600. The van der Waals surface area contributed by atoms with Gasteiger partial charge in [0.2, 0.25) is 5.91 Å². The number of nitrogens with one attached hydrogen (secondary N) is 1. The third-order valence-corrected chi connectivity index (χ3v) is 5.27. The van der Waals surface area contributed by atoms with E-state index in [2.05, 4.69) is 21.2 Å². The van der Waals surface area contributed by atoms with Crippen LogP contribution in [0.25, 0.3) is 0 Å². The Balaban J connectivity index is 1.86.